The fourth-order valence-electron chi connectivity index (χ4n) is 2.61. The maximum Gasteiger partial charge on any atom is 0.234 e. The first-order valence-electron chi connectivity index (χ1n) is 5.96. The van der Waals surface area contributed by atoms with Gasteiger partial charge in [0.05, 0.1) is 6.54 Å². The van der Waals surface area contributed by atoms with Crippen molar-refractivity contribution in [3.8, 4) is 0 Å². The van der Waals surface area contributed by atoms with Crippen LogP contribution in [0.2, 0.25) is 0 Å². The van der Waals surface area contributed by atoms with Crippen LogP contribution >= 0.6 is 0 Å². The van der Waals surface area contributed by atoms with E-state index < -0.39 is 0 Å². The van der Waals surface area contributed by atoms with Crippen LogP contribution in [-0.4, -0.2) is 49.6 Å². The molecule has 86 valence electrons. The van der Waals surface area contributed by atoms with E-state index in [0.717, 1.165) is 32.1 Å². The lowest BCUT2D eigenvalue weighted by Crippen LogP contribution is -2.54. The van der Waals surface area contributed by atoms with Crippen LogP contribution in [0.5, 0.6) is 0 Å². The van der Waals surface area contributed by atoms with Crippen molar-refractivity contribution in [1.82, 2.24) is 15.5 Å². The largest absolute Gasteiger partial charge is 0.351 e. The van der Waals surface area contributed by atoms with Crippen LogP contribution < -0.4 is 10.6 Å². The van der Waals surface area contributed by atoms with Crippen molar-refractivity contribution in [2.45, 2.75) is 25.8 Å². The van der Waals surface area contributed by atoms with Gasteiger partial charge in [0.15, 0.2) is 0 Å². The predicted molar refractivity (Wildman–Crippen MR) is 59.6 cm³/mol. The predicted octanol–water partition coefficient (Wildman–Crippen LogP) is -0.194. The second-order valence-corrected chi connectivity index (χ2v) is 4.88. The van der Waals surface area contributed by atoms with E-state index in [2.05, 4.69) is 22.5 Å². The van der Waals surface area contributed by atoms with Gasteiger partial charge in [-0.2, -0.15) is 0 Å². The molecule has 2 fully saturated rings. The Hall–Kier alpha value is -0.610. The van der Waals surface area contributed by atoms with Crippen LogP contribution in [0.25, 0.3) is 0 Å². The van der Waals surface area contributed by atoms with Gasteiger partial charge in [-0.05, 0) is 38.8 Å². The van der Waals surface area contributed by atoms with Crippen LogP contribution in [0.1, 0.15) is 19.8 Å². The molecule has 0 bridgehead atoms. The number of nitrogens with one attached hydrogen (secondary N) is 2. The molecule has 0 aromatic rings. The molecule has 1 amide bonds. The van der Waals surface area contributed by atoms with Gasteiger partial charge in [0.1, 0.15) is 0 Å². The molecule has 2 rings (SSSR count). The number of piperazine rings is 1. The monoisotopic (exact) mass is 211 g/mol. The topological polar surface area (TPSA) is 44.4 Å². The van der Waals surface area contributed by atoms with E-state index in [1.54, 1.807) is 0 Å². The van der Waals surface area contributed by atoms with Gasteiger partial charge in [0.2, 0.25) is 5.91 Å². The minimum absolute atomic E-state index is 0.178. The van der Waals surface area contributed by atoms with Crippen LogP contribution in [0.15, 0.2) is 0 Å². The average molecular weight is 211 g/mol. The first-order chi connectivity index (χ1) is 7.24. The lowest BCUT2D eigenvalue weighted by Gasteiger charge is -2.34. The van der Waals surface area contributed by atoms with Crippen LogP contribution in [0, 0.1) is 5.92 Å². The molecular formula is C11H21N3O. The van der Waals surface area contributed by atoms with Gasteiger partial charge in [-0.15, -0.1) is 0 Å². The maximum atomic E-state index is 11.4. The highest BCUT2D eigenvalue weighted by atomic mass is 16.2. The summed E-state index contributed by atoms with van der Waals surface area (Å²) in [4.78, 5) is 13.6. The summed E-state index contributed by atoms with van der Waals surface area (Å²) in [6.07, 6.45) is 2.58. The summed E-state index contributed by atoms with van der Waals surface area (Å²) < 4.78 is 0. The van der Waals surface area contributed by atoms with E-state index in [1.807, 2.05) is 0 Å². The normalized spacial score (nSPS) is 33.8. The number of nitrogens with zero attached hydrogens (tertiary/aromatic N) is 1. The van der Waals surface area contributed by atoms with Gasteiger partial charge < -0.3 is 10.6 Å². The van der Waals surface area contributed by atoms with Crippen LogP contribution in [-0.2, 0) is 4.79 Å². The Morgan fingerprint density at radius 1 is 1.53 bits per heavy atom. The number of hydrogen-bond acceptors (Lipinski definition) is 3. The van der Waals surface area contributed by atoms with Gasteiger partial charge in [-0.25, -0.2) is 0 Å². The fraction of sp³-hybridized carbons (Fsp3) is 0.909. The molecule has 0 aromatic heterocycles. The van der Waals surface area contributed by atoms with E-state index in [4.69, 9.17) is 0 Å². The Balaban J connectivity index is 1.79. The molecule has 2 aliphatic heterocycles. The third-order valence-corrected chi connectivity index (χ3v) is 3.22. The molecule has 2 N–H and O–H groups in total. The Morgan fingerprint density at radius 2 is 2.40 bits per heavy atom. The summed E-state index contributed by atoms with van der Waals surface area (Å²) in [7, 11) is 0. The molecule has 0 spiro atoms. The first kappa shape index (κ1) is 10.9. The minimum atomic E-state index is 0.178. The zero-order valence-corrected chi connectivity index (χ0v) is 9.46. The van der Waals surface area contributed by atoms with Crippen molar-refractivity contribution in [3.63, 3.8) is 0 Å². The number of rotatable bonds is 2. The van der Waals surface area contributed by atoms with Crippen molar-refractivity contribution >= 4 is 5.91 Å². The van der Waals surface area contributed by atoms with E-state index in [9.17, 15) is 4.79 Å². The summed E-state index contributed by atoms with van der Waals surface area (Å²) >= 11 is 0. The van der Waals surface area contributed by atoms with Crippen molar-refractivity contribution in [1.29, 1.82) is 0 Å². The molecule has 4 nitrogen and oxygen atoms in total. The van der Waals surface area contributed by atoms with Gasteiger partial charge in [0, 0.05) is 19.1 Å². The number of hydrogen-bond donors (Lipinski definition) is 2. The van der Waals surface area contributed by atoms with Gasteiger partial charge in [0.25, 0.3) is 0 Å². The molecule has 0 aromatic carbocycles. The summed E-state index contributed by atoms with van der Waals surface area (Å²) in [5.74, 6) is 0.911. The van der Waals surface area contributed by atoms with E-state index in [1.165, 1.54) is 12.8 Å². The zero-order valence-electron chi connectivity index (χ0n) is 9.46. The second kappa shape index (κ2) is 4.94. The quantitative estimate of drug-likeness (QED) is 0.665. The molecule has 2 atom stereocenters. The van der Waals surface area contributed by atoms with Gasteiger partial charge >= 0.3 is 0 Å². The number of piperidine rings is 1. The van der Waals surface area contributed by atoms with Crippen molar-refractivity contribution < 1.29 is 4.79 Å². The Labute approximate surface area is 91.4 Å². The van der Waals surface area contributed by atoms with Gasteiger partial charge in [-0.1, -0.05) is 0 Å². The summed E-state index contributed by atoms with van der Waals surface area (Å²) in [5, 5.41) is 6.37. The zero-order chi connectivity index (χ0) is 10.7. The Bertz CT molecular complexity index is 226. The third-order valence-electron chi connectivity index (χ3n) is 3.22. The van der Waals surface area contributed by atoms with E-state index in [0.29, 0.717) is 12.6 Å². The summed E-state index contributed by atoms with van der Waals surface area (Å²) in [6, 6.07) is 0.308. The lowest BCUT2D eigenvalue weighted by molar-refractivity contribution is -0.125. The molecule has 4 heteroatoms. The Morgan fingerprint density at radius 3 is 3.07 bits per heavy atom. The highest BCUT2D eigenvalue weighted by Gasteiger charge is 2.24. The minimum Gasteiger partial charge on any atom is -0.351 e. The highest BCUT2D eigenvalue weighted by Crippen LogP contribution is 2.12. The molecule has 2 aliphatic rings. The standard InChI is InChI=1S/C11H21N3O/c1-9-6-14(8-11(15)13-9)7-10-3-2-4-12-5-10/h9-10,12H,2-8H2,1H3,(H,13,15). The molecule has 0 saturated carbocycles. The molecule has 15 heavy (non-hydrogen) atoms. The number of amides is 1. The molecule has 2 heterocycles. The van der Waals surface area contributed by atoms with E-state index in [-0.39, 0.29) is 5.91 Å². The SMILES string of the molecule is CC1CN(CC2CCCNC2)CC(=O)N1. The van der Waals surface area contributed by atoms with Crippen molar-refractivity contribution in [2.75, 3.05) is 32.7 Å². The van der Waals surface area contributed by atoms with Gasteiger partial charge in [-0.3, -0.25) is 9.69 Å². The number of carbonyl (C=O) groups excluding carboxylic acids is 1. The average Bonchev–Trinajstić information content (AvgIpc) is 2.17. The van der Waals surface area contributed by atoms with Crippen LogP contribution in [0.3, 0.4) is 0 Å². The smallest absolute Gasteiger partial charge is 0.234 e. The maximum absolute atomic E-state index is 11.4. The summed E-state index contributed by atoms with van der Waals surface area (Å²) in [5.41, 5.74) is 0. The number of carbonyl (C=O) groups is 1. The first-order valence-corrected chi connectivity index (χ1v) is 5.96. The molecule has 0 aliphatic carbocycles. The van der Waals surface area contributed by atoms with Crippen molar-refractivity contribution in [3.05, 3.63) is 0 Å². The second-order valence-electron chi connectivity index (χ2n) is 4.88. The third kappa shape index (κ3) is 3.18. The molecular weight excluding hydrogens is 190 g/mol. The molecule has 2 saturated heterocycles. The molecule has 0 radical (unpaired) electrons. The Kier molecular flexibility index (Phi) is 3.59. The lowest BCUT2D eigenvalue weighted by atomic mass is 9.98. The fourth-order valence-corrected chi connectivity index (χ4v) is 2.61. The van der Waals surface area contributed by atoms with Crippen molar-refractivity contribution in [2.24, 2.45) is 5.92 Å². The molecule has 2 unspecified atom stereocenters. The van der Waals surface area contributed by atoms with E-state index >= 15 is 0 Å². The summed E-state index contributed by atoms with van der Waals surface area (Å²) in [6.45, 7) is 7.01. The highest BCUT2D eigenvalue weighted by molar-refractivity contribution is 5.79. The van der Waals surface area contributed by atoms with Crippen LogP contribution in [0.4, 0.5) is 0 Å².